The van der Waals surface area contributed by atoms with Crippen LogP contribution in [0.15, 0.2) is 30.3 Å². The molecule has 32 heavy (non-hydrogen) atoms. The van der Waals surface area contributed by atoms with Gasteiger partial charge in [-0.1, -0.05) is 31.5 Å². The van der Waals surface area contributed by atoms with E-state index in [0.717, 1.165) is 66.7 Å². The zero-order valence-electron chi connectivity index (χ0n) is 19.0. The summed E-state index contributed by atoms with van der Waals surface area (Å²) in [4.78, 5) is 12.7. The zero-order valence-corrected chi connectivity index (χ0v) is 19.7. The number of fused-ring (bicyclic) bond motifs is 1. The van der Waals surface area contributed by atoms with Crippen LogP contribution < -0.4 is 5.32 Å². The van der Waals surface area contributed by atoms with Crippen LogP contribution in [-0.2, 0) is 43.4 Å². The van der Waals surface area contributed by atoms with E-state index in [9.17, 15) is 9.90 Å². The van der Waals surface area contributed by atoms with Crippen molar-refractivity contribution < 1.29 is 9.90 Å². The molecule has 0 bridgehead atoms. The number of halogens is 1. The van der Waals surface area contributed by atoms with Crippen LogP contribution in [0.25, 0.3) is 0 Å². The lowest BCUT2D eigenvalue weighted by atomic mass is 9.92. The van der Waals surface area contributed by atoms with Gasteiger partial charge in [0.2, 0.25) is 5.91 Å². The molecule has 5 nitrogen and oxygen atoms in total. The molecular formula is C26H30ClN3O2. The third-order valence-corrected chi connectivity index (χ3v) is 6.62. The molecule has 0 saturated heterocycles. The number of hydrogen-bond acceptors (Lipinski definition) is 3. The number of hydrogen-bond donors (Lipinski definition) is 2. The molecule has 0 aliphatic heterocycles. The van der Waals surface area contributed by atoms with Crippen molar-refractivity contribution >= 4 is 23.2 Å². The Morgan fingerprint density at radius 2 is 1.88 bits per heavy atom. The number of phenols is 1. The average molecular weight is 452 g/mol. The Morgan fingerprint density at radius 1 is 1.16 bits per heavy atom. The fourth-order valence-electron chi connectivity index (χ4n) is 4.84. The highest BCUT2D eigenvalue weighted by molar-refractivity contribution is 6.30. The monoisotopic (exact) mass is 451 g/mol. The lowest BCUT2D eigenvalue weighted by molar-refractivity contribution is -0.116. The minimum atomic E-state index is -0.111. The highest BCUT2D eigenvalue weighted by atomic mass is 35.5. The Bertz CT molecular complexity index is 1150. The third-order valence-electron chi connectivity index (χ3n) is 6.36. The first kappa shape index (κ1) is 22.4. The fourth-order valence-corrected chi connectivity index (χ4v) is 4.96. The van der Waals surface area contributed by atoms with Crippen LogP contribution in [0.4, 0.5) is 5.69 Å². The van der Waals surface area contributed by atoms with E-state index < -0.39 is 0 Å². The molecule has 3 aromatic rings. The molecule has 0 atom stereocenters. The summed E-state index contributed by atoms with van der Waals surface area (Å²) in [5, 5.41) is 18.9. The average Bonchev–Trinajstić information content (AvgIpc) is 3.38. The molecule has 1 aliphatic carbocycles. The molecule has 0 saturated carbocycles. The Kier molecular flexibility index (Phi) is 6.56. The van der Waals surface area contributed by atoms with Gasteiger partial charge in [-0.3, -0.25) is 9.48 Å². The smallest absolute Gasteiger partial charge is 0.246 e. The number of aromatic nitrogens is 2. The van der Waals surface area contributed by atoms with Crippen molar-refractivity contribution in [3.8, 4) is 5.75 Å². The summed E-state index contributed by atoms with van der Waals surface area (Å²) >= 11 is 5.93. The van der Waals surface area contributed by atoms with Crippen molar-refractivity contribution in [3.05, 3.63) is 74.6 Å². The largest absolute Gasteiger partial charge is 0.507 e. The number of phenolic OH excluding ortho intramolecular Hbond substituents is 1. The maximum absolute atomic E-state index is 12.7. The van der Waals surface area contributed by atoms with Gasteiger partial charge in [0.25, 0.3) is 0 Å². The maximum atomic E-state index is 12.7. The van der Waals surface area contributed by atoms with Gasteiger partial charge < -0.3 is 10.4 Å². The van der Waals surface area contributed by atoms with Crippen LogP contribution in [0, 0.1) is 6.92 Å². The number of rotatable bonds is 7. The summed E-state index contributed by atoms with van der Waals surface area (Å²) in [5.41, 5.74) is 8.71. The van der Waals surface area contributed by atoms with E-state index in [1.807, 2.05) is 11.6 Å². The highest BCUT2D eigenvalue weighted by Crippen LogP contribution is 2.37. The van der Waals surface area contributed by atoms with Gasteiger partial charge in [0.15, 0.2) is 0 Å². The maximum Gasteiger partial charge on any atom is 0.246 e. The van der Waals surface area contributed by atoms with Crippen molar-refractivity contribution in [3.63, 3.8) is 0 Å². The van der Waals surface area contributed by atoms with Crippen molar-refractivity contribution in [2.24, 2.45) is 0 Å². The second-order valence-corrected chi connectivity index (χ2v) is 8.92. The first-order chi connectivity index (χ1) is 15.4. The lowest BCUT2D eigenvalue weighted by Crippen LogP contribution is -2.21. The molecule has 1 heterocycles. The number of aromatic hydroxyl groups is 1. The van der Waals surface area contributed by atoms with Crippen LogP contribution >= 0.6 is 11.6 Å². The van der Waals surface area contributed by atoms with E-state index in [-0.39, 0.29) is 12.5 Å². The molecule has 0 unspecified atom stereocenters. The van der Waals surface area contributed by atoms with Crippen LogP contribution in [0.2, 0.25) is 5.02 Å². The number of benzene rings is 2. The van der Waals surface area contributed by atoms with E-state index in [1.165, 1.54) is 16.7 Å². The predicted molar refractivity (Wildman–Crippen MR) is 129 cm³/mol. The Balaban J connectivity index is 1.62. The third kappa shape index (κ3) is 4.40. The first-order valence-corrected chi connectivity index (χ1v) is 11.7. The summed E-state index contributed by atoms with van der Waals surface area (Å²) in [6.45, 7) is 6.37. The van der Waals surface area contributed by atoms with Gasteiger partial charge >= 0.3 is 0 Å². The summed E-state index contributed by atoms with van der Waals surface area (Å²) < 4.78 is 1.85. The van der Waals surface area contributed by atoms with Gasteiger partial charge in [-0.15, -0.1) is 0 Å². The van der Waals surface area contributed by atoms with E-state index in [2.05, 4.69) is 25.2 Å². The Morgan fingerprint density at radius 3 is 2.56 bits per heavy atom. The molecule has 1 aliphatic rings. The summed E-state index contributed by atoms with van der Waals surface area (Å²) in [6, 6.07) is 9.23. The number of carbonyl (C=O) groups excluding carboxylic acids is 1. The van der Waals surface area contributed by atoms with Gasteiger partial charge in [-0.25, -0.2) is 0 Å². The van der Waals surface area contributed by atoms with Crippen molar-refractivity contribution in [2.45, 2.75) is 65.8 Å². The second-order valence-electron chi connectivity index (χ2n) is 8.48. The molecule has 1 aromatic heterocycles. The van der Waals surface area contributed by atoms with E-state index in [0.29, 0.717) is 10.8 Å². The number of carbonyl (C=O) groups is 1. The molecule has 0 spiro atoms. The standard InChI is InChI=1S/C26H30ClN3O2/c1-4-23-22(14-17-13-16(3)26(32)21-8-6-7-20(17)21)24(5-2)30(29-23)15-25(31)28-19-11-9-18(27)10-12-19/h9-13,32H,4-8,14-15H2,1-3H3,(H,28,31). The predicted octanol–water partition coefficient (Wildman–Crippen LogP) is 5.39. The lowest BCUT2D eigenvalue weighted by Gasteiger charge is -2.14. The van der Waals surface area contributed by atoms with Crippen molar-refractivity contribution in [1.82, 2.24) is 9.78 Å². The number of amides is 1. The van der Waals surface area contributed by atoms with Gasteiger partial charge in [0, 0.05) is 28.4 Å². The van der Waals surface area contributed by atoms with E-state index in [1.54, 1.807) is 24.3 Å². The molecule has 0 radical (unpaired) electrons. The number of anilines is 1. The fraction of sp³-hybridized carbons (Fsp3) is 0.385. The SMILES string of the molecule is CCc1nn(CC(=O)Nc2ccc(Cl)cc2)c(CC)c1Cc1cc(C)c(O)c2c1CCC2. The molecule has 2 N–H and O–H groups in total. The second kappa shape index (κ2) is 9.37. The quantitative estimate of drug-likeness (QED) is 0.505. The van der Waals surface area contributed by atoms with Gasteiger partial charge in [-0.2, -0.15) is 5.10 Å². The molecular weight excluding hydrogens is 422 g/mol. The summed E-state index contributed by atoms with van der Waals surface area (Å²) in [6.07, 6.45) is 5.45. The van der Waals surface area contributed by atoms with Crippen molar-refractivity contribution in [2.75, 3.05) is 5.32 Å². The number of nitrogens with one attached hydrogen (secondary N) is 1. The number of nitrogens with zero attached hydrogens (tertiary/aromatic N) is 2. The van der Waals surface area contributed by atoms with Crippen LogP contribution in [0.1, 0.15) is 59.5 Å². The van der Waals surface area contributed by atoms with Crippen molar-refractivity contribution in [1.29, 1.82) is 0 Å². The number of aryl methyl sites for hydroxylation is 2. The normalized spacial score (nSPS) is 12.8. The Hall–Kier alpha value is -2.79. The molecule has 6 heteroatoms. The van der Waals surface area contributed by atoms with Gasteiger partial charge in [-0.05, 0) is 85.5 Å². The highest BCUT2D eigenvalue weighted by Gasteiger charge is 2.23. The molecule has 0 fully saturated rings. The van der Waals surface area contributed by atoms with Gasteiger partial charge in [0.05, 0.1) is 5.69 Å². The van der Waals surface area contributed by atoms with E-state index in [4.69, 9.17) is 16.7 Å². The van der Waals surface area contributed by atoms with Crippen LogP contribution in [0.3, 0.4) is 0 Å². The van der Waals surface area contributed by atoms with Crippen LogP contribution in [0.5, 0.6) is 5.75 Å². The molecule has 1 amide bonds. The van der Waals surface area contributed by atoms with E-state index >= 15 is 0 Å². The molecule has 4 rings (SSSR count). The topological polar surface area (TPSA) is 67.2 Å². The van der Waals surface area contributed by atoms with Crippen LogP contribution in [-0.4, -0.2) is 20.8 Å². The zero-order chi connectivity index (χ0) is 22.8. The molecule has 2 aromatic carbocycles. The Labute approximate surface area is 194 Å². The summed E-state index contributed by atoms with van der Waals surface area (Å²) in [7, 11) is 0. The first-order valence-electron chi connectivity index (χ1n) is 11.4. The van der Waals surface area contributed by atoms with Gasteiger partial charge in [0.1, 0.15) is 12.3 Å². The molecule has 168 valence electrons. The summed E-state index contributed by atoms with van der Waals surface area (Å²) in [5.74, 6) is 0.349. The minimum absolute atomic E-state index is 0.111. The minimum Gasteiger partial charge on any atom is -0.507 e.